The average Bonchev–Trinajstić information content (AvgIpc) is 2.39. The van der Waals surface area contributed by atoms with Crippen molar-refractivity contribution in [2.45, 2.75) is 32.0 Å². The Labute approximate surface area is 119 Å². The molecule has 20 heavy (non-hydrogen) atoms. The molecule has 0 bridgehead atoms. The largest absolute Gasteiger partial charge is 0.382 e. The maximum atomic E-state index is 11.3. The van der Waals surface area contributed by atoms with Crippen LogP contribution in [0.5, 0.6) is 0 Å². The van der Waals surface area contributed by atoms with Crippen LogP contribution in [0.1, 0.15) is 19.8 Å². The molecule has 8 heteroatoms. The van der Waals surface area contributed by atoms with E-state index in [4.69, 9.17) is 24.5 Å². The normalized spacial score (nSPS) is 13.6. The summed E-state index contributed by atoms with van der Waals surface area (Å²) in [5, 5.41) is 3.04. The number of nitrogens with zero attached hydrogens (tertiary/aromatic N) is 3. The number of methoxy groups -OCH3 is 2. The quantitative estimate of drug-likeness (QED) is 0.235. The van der Waals surface area contributed by atoms with Crippen molar-refractivity contribution in [1.82, 2.24) is 0 Å². The van der Waals surface area contributed by atoms with E-state index in [1.54, 1.807) is 14.2 Å². The minimum Gasteiger partial charge on any atom is -0.382 e. The average molecular weight is 289 g/mol. The molecule has 1 amide bonds. The second-order valence-electron chi connectivity index (χ2n) is 4.18. The van der Waals surface area contributed by atoms with Crippen molar-refractivity contribution in [3.63, 3.8) is 0 Å². The van der Waals surface area contributed by atoms with Gasteiger partial charge in [-0.2, -0.15) is 0 Å². The molecule has 0 heterocycles. The highest BCUT2D eigenvalue weighted by atomic mass is 16.5. The molecule has 116 valence electrons. The topological polar surface area (TPSA) is 103 Å². The zero-order valence-electron chi connectivity index (χ0n) is 12.3. The van der Waals surface area contributed by atoms with Crippen molar-refractivity contribution in [1.29, 1.82) is 0 Å². The summed E-state index contributed by atoms with van der Waals surface area (Å²) >= 11 is 0. The molecule has 2 atom stereocenters. The number of amides is 1. The van der Waals surface area contributed by atoms with E-state index in [0.29, 0.717) is 32.8 Å². The highest BCUT2D eigenvalue weighted by Gasteiger charge is 2.17. The Balaban J connectivity index is 4.20. The van der Waals surface area contributed by atoms with Gasteiger partial charge in [0.25, 0.3) is 0 Å². The first-order valence-electron chi connectivity index (χ1n) is 6.43. The number of ether oxygens (including phenoxy) is 4. The molecule has 8 nitrogen and oxygen atoms in total. The minimum absolute atomic E-state index is 0.0335. The van der Waals surface area contributed by atoms with Gasteiger partial charge in [0.05, 0.1) is 38.6 Å². The molecule has 0 saturated carbocycles. The standard InChI is InChI=1S/C12H23N3O5/c1-10(19-6-4-17-2)8-11(20-7-5-18-3)9-12(16)14-15-13/h10-11H,4-9H2,1-3H3. The molecular formula is C12H23N3O5. The molecular weight excluding hydrogens is 266 g/mol. The van der Waals surface area contributed by atoms with E-state index in [0.717, 1.165) is 0 Å². The van der Waals surface area contributed by atoms with Gasteiger partial charge in [0.15, 0.2) is 0 Å². The van der Waals surface area contributed by atoms with Crippen LogP contribution in [-0.4, -0.2) is 58.8 Å². The third kappa shape index (κ3) is 10.7. The first kappa shape index (κ1) is 18.8. The lowest BCUT2D eigenvalue weighted by Crippen LogP contribution is -2.25. The van der Waals surface area contributed by atoms with Crippen LogP contribution in [-0.2, 0) is 23.7 Å². The number of azide groups is 1. The first-order chi connectivity index (χ1) is 9.63. The van der Waals surface area contributed by atoms with Gasteiger partial charge in [-0.05, 0) is 24.0 Å². The van der Waals surface area contributed by atoms with Crippen molar-refractivity contribution in [2.75, 3.05) is 40.6 Å². The van der Waals surface area contributed by atoms with Gasteiger partial charge >= 0.3 is 0 Å². The Hall–Kier alpha value is -1.18. The van der Waals surface area contributed by atoms with E-state index in [-0.39, 0.29) is 18.6 Å². The number of hydrogen-bond donors (Lipinski definition) is 0. The van der Waals surface area contributed by atoms with Crippen LogP contribution < -0.4 is 0 Å². The summed E-state index contributed by atoms with van der Waals surface area (Å²) in [7, 11) is 3.17. The SMILES string of the molecule is COCCOC(C)CC(CC(=O)N=[N+]=[N-])OCCOC. The third-order valence-electron chi connectivity index (χ3n) is 2.48. The van der Waals surface area contributed by atoms with Gasteiger partial charge in [0.2, 0.25) is 5.91 Å². The molecule has 0 fully saturated rings. The number of rotatable bonds is 12. The summed E-state index contributed by atoms with van der Waals surface area (Å²) in [4.78, 5) is 13.8. The molecule has 0 rings (SSSR count). The fraction of sp³-hybridized carbons (Fsp3) is 0.917. The molecule has 0 saturated heterocycles. The van der Waals surface area contributed by atoms with Gasteiger partial charge in [0.1, 0.15) is 0 Å². The fourth-order valence-electron chi connectivity index (χ4n) is 1.56. The molecule has 0 aromatic heterocycles. The Bertz CT molecular complexity index is 307. The van der Waals surface area contributed by atoms with Crippen LogP contribution in [0.2, 0.25) is 0 Å². The fourth-order valence-corrected chi connectivity index (χ4v) is 1.56. The lowest BCUT2D eigenvalue weighted by molar-refractivity contribution is -0.122. The molecule has 0 aromatic rings. The summed E-state index contributed by atoms with van der Waals surface area (Å²) in [6, 6.07) is 0. The Morgan fingerprint density at radius 1 is 1.15 bits per heavy atom. The van der Waals surface area contributed by atoms with Crippen LogP contribution in [0.25, 0.3) is 10.4 Å². The zero-order chi connectivity index (χ0) is 15.2. The van der Waals surface area contributed by atoms with Crippen LogP contribution in [0.4, 0.5) is 0 Å². The van der Waals surface area contributed by atoms with Crippen LogP contribution in [0.3, 0.4) is 0 Å². The maximum absolute atomic E-state index is 11.3. The van der Waals surface area contributed by atoms with E-state index in [2.05, 4.69) is 10.0 Å². The summed E-state index contributed by atoms with van der Waals surface area (Å²) in [5.41, 5.74) is 8.23. The lowest BCUT2D eigenvalue weighted by atomic mass is 10.1. The summed E-state index contributed by atoms with van der Waals surface area (Å²) < 4.78 is 20.8. The van der Waals surface area contributed by atoms with Gasteiger partial charge in [0, 0.05) is 25.6 Å². The smallest absolute Gasteiger partial charge is 0.221 e. The highest BCUT2D eigenvalue weighted by Crippen LogP contribution is 2.11. The van der Waals surface area contributed by atoms with E-state index in [1.165, 1.54) is 0 Å². The molecule has 0 N–H and O–H groups in total. The van der Waals surface area contributed by atoms with E-state index in [9.17, 15) is 4.79 Å². The molecule has 0 aliphatic rings. The number of carbonyl (C=O) groups is 1. The third-order valence-corrected chi connectivity index (χ3v) is 2.48. The molecule has 0 aliphatic carbocycles. The Kier molecular flexibility index (Phi) is 12.1. The van der Waals surface area contributed by atoms with Crippen molar-refractivity contribution in [3.8, 4) is 0 Å². The Morgan fingerprint density at radius 2 is 1.75 bits per heavy atom. The monoisotopic (exact) mass is 289 g/mol. The van der Waals surface area contributed by atoms with Crippen LogP contribution >= 0.6 is 0 Å². The number of carbonyl (C=O) groups excluding carboxylic acids is 1. The lowest BCUT2D eigenvalue weighted by Gasteiger charge is -2.21. The number of hydrogen-bond acceptors (Lipinski definition) is 5. The predicted octanol–water partition coefficient (Wildman–Crippen LogP) is 1.69. The van der Waals surface area contributed by atoms with Crippen molar-refractivity contribution in [3.05, 3.63) is 10.4 Å². The summed E-state index contributed by atoms with van der Waals surface area (Å²) in [6.07, 6.45) is 0.114. The van der Waals surface area contributed by atoms with E-state index >= 15 is 0 Å². The highest BCUT2D eigenvalue weighted by molar-refractivity contribution is 5.77. The molecule has 0 aromatic carbocycles. The molecule has 2 unspecified atom stereocenters. The predicted molar refractivity (Wildman–Crippen MR) is 72.3 cm³/mol. The van der Waals surface area contributed by atoms with Gasteiger partial charge in [-0.15, -0.1) is 0 Å². The van der Waals surface area contributed by atoms with Crippen molar-refractivity contribution in [2.24, 2.45) is 5.11 Å². The second kappa shape index (κ2) is 12.8. The molecule has 0 radical (unpaired) electrons. The van der Waals surface area contributed by atoms with Gasteiger partial charge in [-0.3, -0.25) is 4.79 Å². The minimum atomic E-state index is -0.543. The molecule has 0 aliphatic heterocycles. The van der Waals surface area contributed by atoms with Crippen LogP contribution in [0.15, 0.2) is 5.11 Å². The summed E-state index contributed by atoms with van der Waals surface area (Å²) in [6.45, 7) is 3.69. The second-order valence-corrected chi connectivity index (χ2v) is 4.18. The van der Waals surface area contributed by atoms with Crippen LogP contribution in [0, 0.1) is 0 Å². The maximum Gasteiger partial charge on any atom is 0.221 e. The summed E-state index contributed by atoms with van der Waals surface area (Å²) in [5.74, 6) is -0.543. The van der Waals surface area contributed by atoms with Gasteiger partial charge < -0.3 is 18.9 Å². The zero-order valence-corrected chi connectivity index (χ0v) is 12.3. The van der Waals surface area contributed by atoms with Gasteiger partial charge in [-0.1, -0.05) is 0 Å². The Morgan fingerprint density at radius 3 is 2.30 bits per heavy atom. The van der Waals surface area contributed by atoms with E-state index in [1.807, 2.05) is 6.92 Å². The van der Waals surface area contributed by atoms with E-state index < -0.39 is 5.91 Å². The molecule has 0 spiro atoms. The van der Waals surface area contributed by atoms with Crippen molar-refractivity contribution < 1.29 is 23.7 Å². The first-order valence-corrected chi connectivity index (χ1v) is 6.43. The van der Waals surface area contributed by atoms with Gasteiger partial charge in [-0.25, -0.2) is 0 Å². The van der Waals surface area contributed by atoms with Crippen molar-refractivity contribution >= 4 is 5.91 Å².